The molecule has 66 valence electrons. The smallest absolute Gasteiger partial charge is 0.272 e. The van der Waals surface area contributed by atoms with Gasteiger partial charge in [-0.3, -0.25) is 9.89 Å². The predicted octanol–water partition coefficient (Wildman–Crippen LogP) is 0.900. The molecular formula is C9H9N3O. The summed E-state index contributed by atoms with van der Waals surface area (Å²) in [7, 11) is 0. The average Bonchev–Trinajstić information content (AvgIpc) is 2.87. The van der Waals surface area contributed by atoms with Gasteiger partial charge in [0.25, 0.3) is 5.56 Å². The molecule has 1 aliphatic carbocycles. The van der Waals surface area contributed by atoms with E-state index in [-0.39, 0.29) is 5.56 Å². The highest BCUT2D eigenvalue weighted by Crippen LogP contribution is 2.39. The third-order valence-electron chi connectivity index (χ3n) is 2.42. The second kappa shape index (κ2) is 2.22. The van der Waals surface area contributed by atoms with E-state index >= 15 is 0 Å². The van der Waals surface area contributed by atoms with Crippen molar-refractivity contribution in [3.05, 3.63) is 34.4 Å². The fourth-order valence-corrected chi connectivity index (χ4v) is 1.54. The molecule has 0 atom stereocenters. The predicted molar refractivity (Wildman–Crippen MR) is 47.8 cm³/mol. The Kier molecular flexibility index (Phi) is 1.17. The van der Waals surface area contributed by atoms with Crippen LogP contribution in [0.2, 0.25) is 0 Å². The Hall–Kier alpha value is -1.58. The van der Waals surface area contributed by atoms with Crippen molar-refractivity contribution in [3.63, 3.8) is 0 Å². The SMILES string of the molecule is O=c1ccnc2cc(C3CC3)[nH]n12. The Labute approximate surface area is 74.2 Å². The molecule has 0 spiro atoms. The van der Waals surface area contributed by atoms with Crippen molar-refractivity contribution in [1.82, 2.24) is 14.6 Å². The quantitative estimate of drug-likeness (QED) is 0.700. The summed E-state index contributed by atoms with van der Waals surface area (Å²) < 4.78 is 1.49. The van der Waals surface area contributed by atoms with Gasteiger partial charge < -0.3 is 0 Å². The second-order valence-corrected chi connectivity index (χ2v) is 3.46. The molecule has 1 N–H and O–H groups in total. The summed E-state index contributed by atoms with van der Waals surface area (Å²) in [6, 6.07) is 3.42. The van der Waals surface area contributed by atoms with Gasteiger partial charge in [-0.25, -0.2) is 9.50 Å². The summed E-state index contributed by atoms with van der Waals surface area (Å²) in [5.74, 6) is 0.626. The van der Waals surface area contributed by atoms with E-state index in [1.165, 1.54) is 23.4 Å². The summed E-state index contributed by atoms with van der Waals surface area (Å²) in [5.41, 5.74) is 1.81. The van der Waals surface area contributed by atoms with Crippen molar-refractivity contribution >= 4 is 5.65 Å². The number of fused-ring (bicyclic) bond motifs is 1. The highest BCUT2D eigenvalue weighted by Gasteiger charge is 2.25. The third-order valence-corrected chi connectivity index (χ3v) is 2.42. The van der Waals surface area contributed by atoms with E-state index < -0.39 is 0 Å². The summed E-state index contributed by atoms with van der Waals surface area (Å²) in [4.78, 5) is 15.4. The Morgan fingerprint density at radius 1 is 1.54 bits per heavy atom. The first-order valence-corrected chi connectivity index (χ1v) is 4.41. The Balaban J connectivity index is 2.32. The lowest BCUT2D eigenvalue weighted by molar-refractivity contribution is 0.853. The molecule has 2 aromatic rings. The van der Waals surface area contributed by atoms with Gasteiger partial charge in [0.2, 0.25) is 0 Å². The first-order chi connectivity index (χ1) is 6.34. The lowest BCUT2D eigenvalue weighted by Gasteiger charge is -1.89. The molecule has 0 aromatic carbocycles. The zero-order chi connectivity index (χ0) is 8.84. The van der Waals surface area contributed by atoms with Gasteiger partial charge in [0.15, 0.2) is 5.65 Å². The molecule has 0 radical (unpaired) electrons. The minimum Gasteiger partial charge on any atom is -0.293 e. The summed E-state index contributed by atoms with van der Waals surface area (Å²) in [5, 5.41) is 3.07. The molecule has 0 bridgehead atoms. The van der Waals surface area contributed by atoms with E-state index in [0.717, 1.165) is 11.3 Å². The Morgan fingerprint density at radius 2 is 2.38 bits per heavy atom. The van der Waals surface area contributed by atoms with Crippen LogP contribution in [0.1, 0.15) is 24.5 Å². The molecule has 0 aliphatic heterocycles. The zero-order valence-corrected chi connectivity index (χ0v) is 7.03. The lowest BCUT2D eigenvalue weighted by atomic mass is 10.3. The van der Waals surface area contributed by atoms with E-state index in [4.69, 9.17) is 0 Å². The summed E-state index contributed by atoms with van der Waals surface area (Å²) >= 11 is 0. The van der Waals surface area contributed by atoms with E-state index in [0.29, 0.717) is 5.92 Å². The van der Waals surface area contributed by atoms with Crippen molar-refractivity contribution < 1.29 is 0 Å². The molecule has 0 saturated heterocycles. The Morgan fingerprint density at radius 3 is 3.08 bits per heavy atom. The average molecular weight is 175 g/mol. The van der Waals surface area contributed by atoms with Crippen molar-refractivity contribution in [2.24, 2.45) is 0 Å². The first-order valence-electron chi connectivity index (χ1n) is 4.41. The lowest BCUT2D eigenvalue weighted by Crippen LogP contribution is -2.12. The number of H-pyrrole nitrogens is 1. The fourth-order valence-electron chi connectivity index (χ4n) is 1.54. The molecule has 1 saturated carbocycles. The van der Waals surface area contributed by atoms with Crippen LogP contribution in [0.5, 0.6) is 0 Å². The Bertz CT molecular complexity index is 507. The highest BCUT2D eigenvalue weighted by molar-refractivity contribution is 5.40. The van der Waals surface area contributed by atoms with Crippen LogP contribution < -0.4 is 5.56 Å². The molecule has 1 aliphatic rings. The van der Waals surface area contributed by atoms with Gasteiger partial charge in [0.05, 0.1) is 0 Å². The van der Waals surface area contributed by atoms with Crippen LogP contribution in [0, 0.1) is 0 Å². The van der Waals surface area contributed by atoms with Gasteiger partial charge in [-0.1, -0.05) is 0 Å². The van der Waals surface area contributed by atoms with E-state index in [2.05, 4.69) is 10.1 Å². The minimum absolute atomic E-state index is 0.0445. The van der Waals surface area contributed by atoms with E-state index in [9.17, 15) is 4.79 Å². The first kappa shape index (κ1) is 6.88. The molecule has 2 heterocycles. The number of hydrogen-bond acceptors (Lipinski definition) is 2. The van der Waals surface area contributed by atoms with Crippen molar-refractivity contribution in [2.75, 3.05) is 0 Å². The van der Waals surface area contributed by atoms with Crippen LogP contribution in [0.25, 0.3) is 5.65 Å². The molecule has 0 amide bonds. The van der Waals surface area contributed by atoms with Crippen molar-refractivity contribution in [3.8, 4) is 0 Å². The summed E-state index contributed by atoms with van der Waals surface area (Å²) in [6.45, 7) is 0. The molecular weight excluding hydrogens is 166 g/mol. The number of hydrogen-bond donors (Lipinski definition) is 1. The topological polar surface area (TPSA) is 50.2 Å². The van der Waals surface area contributed by atoms with Gasteiger partial charge in [-0.15, -0.1) is 0 Å². The van der Waals surface area contributed by atoms with E-state index in [1.807, 2.05) is 6.07 Å². The van der Waals surface area contributed by atoms with Crippen molar-refractivity contribution in [1.29, 1.82) is 0 Å². The maximum absolute atomic E-state index is 11.3. The molecule has 1 fully saturated rings. The van der Waals surface area contributed by atoms with E-state index in [1.54, 1.807) is 6.20 Å². The fraction of sp³-hybridized carbons (Fsp3) is 0.333. The number of aromatic amines is 1. The van der Waals surface area contributed by atoms with Gasteiger partial charge in [0, 0.05) is 29.9 Å². The molecule has 2 aromatic heterocycles. The number of aromatic nitrogens is 3. The van der Waals surface area contributed by atoms with Crippen LogP contribution in [0.15, 0.2) is 23.1 Å². The van der Waals surface area contributed by atoms with Crippen LogP contribution in [-0.4, -0.2) is 14.6 Å². The van der Waals surface area contributed by atoms with Crippen molar-refractivity contribution in [2.45, 2.75) is 18.8 Å². The van der Waals surface area contributed by atoms with Crippen LogP contribution in [-0.2, 0) is 0 Å². The number of rotatable bonds is 1. The minimum atomic E-state index is -0.0445. The number of nitrogens with one attached hydrogen (secondary N) is 1. The third kappa shape index (κ3) is 0.983. The van der Waals surface area contributed by atoms with Crippen LogP contribution in [0.3, 0.4) is 0 Å². The monoisotopic (exact) mass is 175 g/mol. The van der Waals surface area contributed by atoms with Gasteiger partial charge in [-0.2, -0.15) is 0 Å². The zero-order valence-electron chi connectivity index (χ0n) is 7.03. The normalized spacial score (nSPS) is 16.6. The number of nitrogens with zero attached hydrogens (tertiary/aromatic N) is 2. The second-order valence-electron chi connectivity index (χ2n) is 3.46. The highest BCUT2D eigenvalue weighted by atomic mass is 16.1. The molecule has 13 heavy (non-hydrogen) atoms. The maximum atomic E-state index is 11.3. The van der Waals surface area contributed by atoms with Crippen LogP contribution in [0.4, 0.5) is 0 Å². The maximum Gasteiger partial charge on any atom is 0.272 e. The van der Waals surface area contributed by atoms with Crippen LogP contribution >= 0.6 is 0 Å². The van der Waals surface area contributed by atoms with Gasteiger partial charge in [-0.05, 0) is 12.8 Å². The molecule has 4 heteroatoms. The molecule has 0 unspecified atom stereocenters. The molecule has 3 rings (SSSR count). The largest absolute Gasteiger partial charge is 0.293 e. The summed E-state index contributed by atoms with van der Waals surface area (Å²) in [6.07, 6.45) is 3.99. The van der Waals surface area contributed by atoms with Gasteiger partial charge >= 0.3 is 0 Å². The molecule has 4 nitrogen and oxygen atoms in total. The van der Waals surface area contributed by atoms with Gasteiger partial charge in [0.1, 0.15) is 0 Å². The standard InChI is InChI=1S/C9H9N3O/c13-9-3-4-10-8-5-7(6-1-2-6)11-12(8)9/h3-6,11H,1-2H2.